The number of benzene rings is 1. The number of nitrogens with two attached hydrogens (primary N) is 1. The van der Waals surface area contributed by atoms with Crippen molar-refractivity contribution in [3.8, 4) is 0 Å². The summed E-state index contributed by atoms with van der Waals surface area (Å²) >= 11 is 6.00. The summed E-state index contributed by atoms with van der Waals surface area (Å²) in [6.07, 6.45) is 0. The zero-order chi connectivity index (χ0) is 9.42. The number of rotatable bonds is 1. The fourth-order valence-corrected chi connectivity index (χ4v) is 1.67. The molecule has 2 aromatic rings. The third kappa shape index (κ3) is 1.16. The molecule has 0 unspecified atom stereocenters. The van der Waals surface area contributed by atoms with Crippen LogP contribution >= 0.6 is 11.6 Å². The second kappa shape index (κ2) is 2.92. The zero-order valence-corrected chi connectivity index (χ0v) is 8.04. The highest BCUT2D eigenvalue weighted by Crippen LogP contribution is 2.27. The molecule has 1 aromatic heterocycles. The van der Waals surface area contributed by atoms with Crippen molar-refractivity contribution in [3.05, 3.63) is 23.2 Å². The number of nitrogens with zero attached hydrogens (tertiary/aromatic N) is 2. The van der Waals surface area contributed by atoms with Gasteiger partial charge in [0.05, 0.1) is 15.9 Å². The fourth-order valence-electron chi connectivity index (χ4n) is 1.40. The predicted molar refractivity (Wildman–Crippen MR) is 54.8 cm³/mol. The van der Waals surface area contributed by atoms with Crippen LogP contribution in [-0.4, -0.2) is 9.78 Å². The first-order valence-corrected chi connectivity index (χ1v) is 4.52. The van der Waals surface area contributed by atoms with E-state index >= 15 is 0 Å². The Bertz CT molecular complexity index is 447. The van der Waals surface area contributed by atoms with E-state index in [1.165, 1.54) is 0 Å². The molecular weight excluding hydrogens is 186 g/mol. The van der Waals surface area contributed by atoms with Crippen LogP contribution in [-0.2, 0) is 6.54 Å². The summed E-state index contributed by atoms with van der Waals surface area (Å²) in [5.41, 5.74) is 6.72. The monoisotopic (exact) mass is 195 g/mol. The minimum absolute atomic E-state index is 0.642. The molecule has 4 heteroatoms. The quantitative estimate of drug-likeness (QED) is 0.759. The number of halogens is 1. The Morgan fingerprint density at radius 1 is 1.54 bits per heavy atom. The molecule has 0 bridgehead atoms. The number of fused-ring (bicyclic) bond motifs is 1. The zero-order valence-electron chi connectivity index (χ0n) is 7.29. The molecule has 68 valence electrons. The maximum Gasteiger partial charge on any atom is 0.131 e. The molecular formula is C9H10ClN3. The molecule has 2 rings (SSSR count). The third-order valence-corrected chi connectivity index (χ3v) is 2.37. The van der Waals surface area contributed by atoms with Gasteiger partial charge in [-0.1, -0.05) is 17.7 Å². The summed E-state index contributed by atoms with van der Waals surface area (Å²) in [4.78, 5) is 0. The van der Waals surface area contributed by atoms with Crippen LogP contribution in [0.2, 0.25) is 5.02 Å². The Balaban J connectivity index is 2.85. The number of hydrogen-bond donors (Lipinski definition) is 1. The molecule has 0 saturated carbocycles. The van der Waals surface area contributed by atoms with Crippen LogP contribution in [0, 0.1) is 0 Å². The van der Waals surface area contributed by atoms with Gasteiger partial charge in [0.1, 0.15) is 5.82 Å². The van der Waals surface area contributed by atoms with Crippen molar-refractivity contribution in [1.29, 1.82) is 0 Å². The topological polar surface area (TPSA) is 43.8 Å². The largest absolute Gasteiger partial charge is 0.383 e. The lowest BCUT2D eigenvalue weighted by Crippen LogP contribution is -2.01. The van der Waals surface area contributed by atoms with Gasteiger partial charge in [-0.2, -0.15) is 5.10 Å². The minimum Gasteiger partial charge on any atom is -0.383 e. The van der Waals surface area contributed by atoms with Crippen LogP contribution in [0.4, 0.5) is 5.82 Å². The van der Waals surface area contributed by atoms with Crippen molar-refractivity contribution in [2.75, 3.05) is 5.73 Å². The van der Waals surface area contributed by atoms with Gasteiger partial charge < -0.3 is 5.73 Å². The van der Waals surface area contributed by atoms with Crippen LogP contribution in [0.15, 0.2) is 18.2 Å². The molecule has 0 saturated heterocycles. The molecule has 1 aromatic carbocycles. The van der Waals surface area contributed by atoms with E-state index in [2.05, 4.69) is 5.10 Å². The normalized spacial score (nSPS) is 10.9. The first kappa shape index (κ1) is 8.38. The summed E-state index contributed by atoms with van der Waals surface area (Å²) in [5.74, 6) is 0.642. The van der Waals surface area contributed by atoms with Crippen LogP contribution in [0.5, 0.6) is 0 Å². The average molecular weight is 196 g/mol. The van der Waals surface area contributed by atoms with Crippen LogP contribution in [0.1, 0.15) is 6.92 Å². The first-order valence-electron chi connectivity index (χ1n) is 4.14. The Kier molecular flexibility index (Phi) is 1.88. The third-order valence-electron chi connectivity index (χ3n) is 2.05. The van der Waals surface area contributed by atoms with Crippen molar-refractivity contribution in [2.45, 2.75) is 13.5 Å². The van der Waals surface area contributed by atoms with E-state index in [1.807, 2.05) is 25.1 Å². The van der Waals surface area contributed by atoms with Gasteiger partial charge in [-0.25, -0.2) is 4.68 Å². The van der Waals surface area contributed by atoms with Crippen LogP contribution in [0.25, 0.3) is 10.9 Å². The lowest BCUT2D eigenvalue weighted by molar-refractivity contribution is 0.678. The number of hydrogen-bond acceptors (Lipinski definition) is 2. The molecule has 0 aliphatic rings. The van der Waals surface area contributed by atoms with Gasteiger partial charge >= 0.3 is 0 Å². The molecule has 0 aliphatic heterocycles. The number of aryl methyl sites for hydroxylation is 1. The SMILES string of the molecule is CCn1nc2cccc(Cl)c2c1N. The number of anilines is 1. The highest BCUT2D eigenvalue weighted by molar-refractivity contribution is 6.36. The molecule has 0 fully saturated rings. The van der Waals surface area contributed by atoms with Gasteiger partial charge in [0.2, 0.25) is 0 Å². The highest BCUT2D eigenvalue weighted by Gasteiger charge is 2.08. The summed E-state index contributed by atoms with van der Waals surface area (Å²) in [7, 11) is 0. The van der Waals surface area contributed by atoms with E-state index in [0.29, 0.717) is 10.8 Å². The standard InChI is InChI=1S/C9H10ClN3/c1-2-13-9(11)8-6(10)4-3-5-7(8)12-13/h3-5H,2,11H2,1H3. The molecule has 2 N–H and O–H groups in total. The molecule has 0 amide bonds. The average Bonchev–Trinajstić information content (AvgIpc) is 2.44. The van der Waals surface area contributed by atoms with Crippen LogP contribution in [0.3, 0.4) is 0 Å². The smallest absolute Gasteiger partial charge is 0.131 e. The van der Waals surface area contributed by atoms with Crippen molar-refractivity contribution < 1.29 is 0 Å². The van der Waals surface area contributed by atoms with Crippen molar-refractivity contribution in [1.82, 2.24) is 9.78 Å². The summed E-state index contributed by atoms with van der Waals surface area (Å²) in [6.45, 7) is 2.76. The van der Waals surface area contributed by atoms with Crippen molar-refractivity contribution in [2.24, 2.45) is 0 Å². The van der Waals surface area contributed by atoms with Crippen molar-refractivity contribution >= 4 is 28.3 Å². The predicted octanol–water partition coefficient (Wildman–Crippen LogP) is 2.29. The van der Waals surface area contributed by atoms with Gasteiger partial charge in [-0.15, -0.1) is 0 Å². The molecule has 3 nitrogen and oxygen atoms in total. The van der Waals surface area contributed by atoms with Gasteiger partial charge in [0.15, 0.2) is 0 Å². The Morgan fingerprint density at radius 2 is 2.31 bits per heavy atom. The maximum absolute atomic E-state index is 6.00. The summed E-state index contributed by atoms with van der Waals surface area (Å²) in [5, 5.41) is 5.81. The number of aromatic nitrogens is 2. The molecule has 13 heavy (non-hydrogen) atoms. The minimum atomic E-state index is 0.642. The fraction of sp³-hybridized carbons (Fsp3) is 0.222. The second-order valence-corrected chi connectivity index (χ2v) is 3.24. The Labute approximate surface area is 81.1 Å². The highest BCUT2D eigenvalue weighted by atomic mass is 35.5. The van der Waals surface area contributed by atoms with Gasteiger partial charge in [0, 0.05) is 6.54 Å². The lowest BCUT2D eigenvalue weighted by Gasteiger charge is -1.97. The van der Waals surface area contributed by atoms with E-state index in [-0.39, 0.29) is 0 Å². The van der Waals surface area contributed by atoms with Gasteiger partial charge in [-0.3, -0.25) is 0 Å². The summed E-state index contributed by atoms with van der Waals surface area (Å²) < 4.78 is 1.75. The molecule has 0 spiro atoms. The van der Waals surface area contributed by atoms with Crippen molar-refractivity contribution in [3.63, 3.8) is 0 Å². The number of nitrogen functional groups attached to an aromatic ring is 1. The van der Waals surface area contributed by atoms with Gasteiger partial charge in [-0.05, 0) is 19.1 Å². The maximum atomic E-state index is 6.00. The molecule has 0 atom stereocenters. The van der Waals surface area contributed by atoms with E-state index in [0.717, 1.165) is 17.4 Å². The second-order valence-electron chi connectivity index (χ2n) is 2.83. The van der Waals surface area contributed by atoms with E-state index in [4.69, 9.17) is 17.3 Å². The Morgan fingerprint density at radius 3 is 2.92 bits per heavy atom. The van der Waals surface area contributed by atoms with E-state index in [1.54, 1.807) is 4.68 Å². The lowest BCUT2D eigenvalue weighted by atomic mass is 10.2. The molecule has 1 heterocycles. The molecule has 0 aliphatic carbocycles. The first-order chi connectivity index (χ1) is 6.24. The Hall–Kier alpha value is -1.22. The van der Waals surface area contributed by atoms with Gasteiger partial charge in [0.25, 0.3) is 0 Å². The van der Waals surface area contributed by atoms with Crippen LogP contribution < -0.4 is 5.73 Å². The van der Waals surface area contributed by atoms with E-state index < -0.39 is 0 Å². The summed E-state index contributed by atoms with van der Waals surface area (Å²) in [6, 6.07) is 5.60. The van der Waals surface area contributed by atoms with E-state index in [9.17, 15) is 0 Å². The molecule has 0 radical (unpaired) electrons.